The summed E-state index contributed by atoms with van der Waals surface area (Å²) in [6.45, 7) is 2.01. The number of amides is 12. The molecule has 0 saturated carbocycles. The van der Waals surface area contributed by atoms with Crippen molar-refractivity contribution in [2.75, 3.05) is 44.9 Å². The highest BCUT2D eigenvalue weighted by atomic mass is 32.2. The number of aliphatic carboxylic acids is 2. The Hall–Kier alpha value is -8.84. The average molecular weight is 1350 g/mol. The van der Waals surface area contributed by atoms with Crippen LogP contribution < -0.4 is 70.4 Å². The number of imidazole rings is 1. The molecule has 1 saturated heterocycles. The molecular formula is C58H90N16O19S. The van der Waals surface area contributed by atoms with E-state index < -0.39 is 207 Å². The van der Waals surface area contributed by atoms with Gasteiger partial charge in [0.1, 0.15) is 54.4 Å². The summed E-state index contributed by atoms with van der Waals surface area (Å²) < 4.78 is 0. The molecule has 22 N–H and O–H groups in total. The Bertz CT molecular complexity index is 2890. The molecular weight excluding hydrogens is 1260 g/mol. The maximum atomic E-state index is 14.2. The minimum absolute atomic E-state index is 0.00125. The van der Waals surface area contributed by atoms with Crippen molar-refractivity contribution in [1.82, 2.24) is 68.0 Å². The van der Waals surface area contributed by atoms with E-state index in [1.54, 1.807) is 50.4 Å². The minimum atomic E-state index is -1.92. The second-order valence-corrected chi connectivity index (χ2v) is 23.6. The van der Waals surface area contributed by atoms with Gasteiger partial charge in [0.05, 0.1) is 38.2 Å². The molecule has 12 atom stereocenters. The lowest BCUT2D eigenvalue weighted by Gasteiger charge is -2.29. The first kappa shape index (κ1) is 79.4. The molecule has 2 heterocycles. The van der Waals surface area contributed by atoms with Gasteiger partial charge in [-0.15, -0.1) is 0 Å². The Balaban J connectivity index is 1.79. The summed E-state index contributed by atoms with van der Waals surface area (Å²) in [7, 11) is 0. The SMILES string of the molecule is CSCC[C@H](NC(=O)[C@H](CCCCN)NC(=O)[C@@H](NC(=O)[C@@H]1CCCN1C(=O)CNC(=O)[C@@H](N)Cc1cnc[nH]1)C(C)C)C(=O)N[C@@H](CO)C(=O)N[C@@H](CO)C(=O)N[C@@H](Cc1ccccc1)C(=O)N[C@@H](CCC(N)=O)C(=O)N[C@@H](CCC(=O)O)C(=O)N[C@H](C(=O)O)[C@@H](C)O. The molecule has 35 nitrogen and oxygen atoms in total. The predicted octanol–water partition coefficient (Wildman–Crippen LogP) is -6.89. The fourth-order valence-corrected chi connectivity index (χ4v) is 10.1. The molecule has 0 unspecified atom stereocenters. The number of benzene rings is 1. The van der Waals surface area contributed by atoms with Crippen molar-refractivity contribution in [2.45, 2.75) is 170 Å². The number of aliphatic hydroxyl groups excluding tert-OH is 3. The van der Waals surface area contributed by atoms with Crippen molar-refractivity contribution in [1.29, 1.82) is 0 Å². The van der Waals surface area contributed by atoms with Gasteiger partial charge in [0.25, 0.3) is 0 Å². The predicted molar refractivity (Wildman–Crippen MR) is 335 cm³/mol. The van der Waals surface area contributed by atoms with Gasteiger partial charge in [0.2, 0.25) is 70.9 Å². The lowest BCUT2D eigenvalue weighted by atomic mass is 10.0. The van der Waals surface area contributed by atoms with Crippen molar-refractivity contribution in [2.24, 2.45) is 23.1 Å². The van der Waals surface area contributed by atoms with Gasteiger partial charge in [-0.3, -0.25) is 62.3 Å². The van der Waals surface area contributed by atoms with E-state index in [-0.39, 0.29) is 50.9 Å². The number of carboxylic acids is 2. The van der Waals surface area contributed by atoms with Crippen LogP contribution >= 0.6 is 11.8 Å². The Labute approximate surface area is 545 Å². The molecule has 0 aliphatic carbocycles. The highest BCUT2D eigenvalue weighted by Gasteiger charge is 2.39. The molecule has 0 spiro atoms. The third-order valence-corrected chi connectivity index (χ3v) is 15.5. The number of primary amides is 1. The number of nitrogens with one attached hydrogen (secondary N) is 11. The van der Waals surface area contributed by atoms with Crippen molar-refractivity contribution < 1.29 is 92.7 Å². The first-order chi connectivity index (χ1) is 44.5. The molecule has 0 bridgehead atoms. The number of aromatic nitrogens is 2. The Morgan fingerprint density at radius 2 is 1.15 bits per heavy atom. The molecule has 94 heavy (non-hydrogen) atoms. The first-order valence-electron chi connectivity index (χ1n) is 30.4. The van der Waals surface area contributed by atoms with Crippen LogP contribution in [0.15, 0.2) is 42.9 Å². The van der Waals surface area contributed by atoms with Gasteiger partial charge in [0.15, 0.2) is 6.04 Å². The number of aliphatic hydroxyl groups is 3. The average Bonchev–Trinajstić information content (AvgIpc) is 1.58. The van der Waals surface area contributed by atoms with Crippen LogP contribution in [-0.2, 0) is 80.0 Å². The highest BCUT2D eigenvalue weighted by Crippen LogP contribution is 2.19. The zero-order valence-corrected chi connectivity index (χ0v) is 53.6. The zero-order valence-electron chi connectivity index (χ0n) is 52.8. The summed E-state index contributed by atoms with van der Waals surface area (Å²) in [5.74, 6) is -14.9. The number of carbonyl (C=O) groups is 14. The molecule has 36 heteroatoms. The van der Waals surface area contributed by atoms with E-state index in [0.717, 1.165) is 6.92 Å². The first-order valence-corrected chi connectivity index (χ1v) is 31.8. The number of rotatable bonds is 43. The molecule has 1 aromatic carbocycles. The normalized spacial score (nSPS) is 16.3. The molecule has 522 valence electrons. The van der Waals surface area contributed by atoms with Crippen molar-refractivity contribution in [3.63, 3.8) is 0 Å². The van der Waals surface area contributed by atoms with E-state index in [4.69, 9.17) is 17.2 Å². The lowest BCUT2D eigenvalue weighted by molar-refractivity contribution is -0.145. The number of unbranched alkanes of at least 4 members (excludes halogenated alkanes) is 1. The number of aromatic amines is 1. The van der Waals surface area contributed by atoms with Gasteiger partial charge in [0, 0.05) is 44.1 Å². The largest absolute Gasteiger partial charge is 0.481 e. The number of carbonyl (C=O) groups excluding carboxylic acids is 12. The quantitative estimate of drug-likeness (QED) is 0.0274. The van der Waals surface area contributed by atoms with Crippen LogP contribution in [0.25, 0.3) is 0 Å². The molecule has 3 rings (SSSR count). The van der Waals surface area contributed by atoms with E-state index in [9.17, 15) is 92.7 Å². The van der Waals surface area contributed by atoms with Gasteiger partial charge in [-0.1, -0.05) is 44.2 Å². The molecule has 12 amide bonds. The van der Waals surface area contributed by atoms with Gasteiger partial charge in [-0.05, 0) is 88.3 Å². The summed E-state index contributed by atoms with van der Waals surface area (Å²) in [6.07, 6.45) is 1.65. The van der Waals surface area contributed by atoms with Crippen LogP contribution in [0.2, 0.25) is 0 Å². The molecule has 1 aliphatic rings. The number of nitrogens with zero attached hydrogens (tertiary/aromatic N) is 2. The number of carboxylic acid groups (broad SMARTS) is 2. The van der Waals surface area contributed by atoms with Crippen LogP contribution in [0.5, 0.6) is 0 Å². The number of H-pyrrole nitrogens is 1. The van der Waals surface area contributed by atoms with Gasteiger partial charge >= 0.3 is 11.9 Å². The molecule has 2 aromatic rings. The number of nitrogens with two attached hydrogens (primary N) is 3. The minimum Gasteiger partial charge on any atom is -0.481 e. The van der Waals surface area contributed by atoms with Crippen LogP contribution in [0.4, 0.5) is 0 Å². The standard InChI is InChI=1S/C58H90N16O19S/c1-30(2)46(72-56(90)42-14-10-21-74(42)44(79)26-63-48(82)34(60)24-33-25-62-29-64-33)57(91)68-35(13-8-9-20-59)49(83)67-38(19-22-94-4)51(85)70-41(28-76)55(89)71-40(27-75)54(88)69-39(23-32-11-6-5-7-12-32)53(87)66-36(15-17-43(61)78)50(84)65-37(16-18-45(80)81)52(86)73-47(31(3)77)58(92)93/h5-7,11-12,25,29-31,34-42,46-47,75-77H,8-10,13-24,26-28,59-60H2,1-4H3,(H2,61,78)(H,62,64)(H,63,82)(H,65,84)(H,66,87)(H,67,83)(H,68,91)(H,69,88)(H,70,85)(H,71,89)(H,72,90)(H,73,86)(H,80,81)(H,92,93)/t31-,34+,35+,36+,37+,38+,39+,40+,41+,42+,46+,47+/m1/s1. The maximum absolute atomic E-state index is 14.2. The van der Waals surface area contributed by atoms with Crippen molar-refractivity contribution in [3.8, 4) is 0 Å². The summed E-state index contributed by atoms with van der Waals surface area (Å²) in [5, 5.41) is 73.6. The fraction of sp³-hybridized carbons (Fsp3) is 0.603. The smallest absolute Gasteiger partial charge is 0.328 e. The summed E-state index contributed by atoms with van der Waals surface area (Å²) in [6, 6.07) is -9.02. The van der Waals surface area contributed by atoms with Gasteiger partial charge in [-0.25, -0.2) is 9.78 Å². The fourth-order valence-electron chi connectivity index (χ4n) is 9.59. The van der Waals surface area contributed by atoms with E-state index in [0.29, 0.717) is 30.5 Å². The number of thioether (sulfide) groups is 1. The number of hydrogen-bond donors (Lipinski definition) is 19. The topological polar surface area (TPSA) is 570 Å². The summed E-state index contributed by atoms with van der Waals surface area (Å²) >= 11 is 1.28. The van der Waals surface area contributed by atoms with Crippen LogP contribution in [0, 0.1) is 5.92 Å². The van der Waals surface area contributed by atoms with E-state index in [1.807, 2.05) is 5.32 Å². The second kappa shape index (κ2) is 41.0. The van der Waals surface area contributed by atoms with E-state index >= 15 is 0 Å². The van der Waals surface area contributed by atoms with E-state index in [2.05, 4.69) is 57.8 Å². The number of likely N-dealkylation sites (tertiary alicyclic amines) is 1. The lowest BCUT2D eigenvalue weighted by Crippen LogP contribution is -2.62. The van der Waals surface area contributed by atoms with Crippen LogP contribution in [0.3, 0.4) is 0 Å². The van der Waals surface area contributed by atoms with Gasteiger partial charge < -0.3 is 106 Å². The third-order valence-electron chi connectivity index (χ3n) is 14.9. The Morgan fingerprint density at radius 3 is 1.65 bits per heavy atom. The van der Waals surface area contributed by atoms with Crippen LogP contribution in [-0.4, -0.2) is 241 Å². The van der Waals surface area contributed by atoms with Crippen molar-refractivity contribution in [3.05, 3.63) is 54.1 Å². The number of hydrogen-bond acceptors (Lipinski definition) is 21. The highest BCUT2D eigenvalue weighted by molar-refractivity contribution is 7.98. The van der Waals surface area contributed by atoms with Gasteiger partial charge in [-0.2, -0.15) is 11.8 Å². The summed E-state index contributed by atoms with van der Waals surface area (Å²) in [4.78, 5) is 195. The Morgan fingerprint density at radius 1 is 0.638 bits per heavy atom. The van der Waals surface area contributed by atoms with Crippen molar-refractivity contribution >= 4 is 94.6 Å². The zero-order chi connectivity index (χ0) is 70.2. The third kappa shape index (κ3) is 27.0. The van der Waals surface area contributed by atoms with E-state index in [1.165, 1.54) is 29.2 Å². The molecule has 1 aliphatic heterocycles. The Kier molecular flexibility index (Phi) is 34.6. The molecule has 1 fully saturated rings. The second-order valence-electron chi connectivity index (χ2n) is 22.6. The maximum Gasteiger partial charge on any atom is 0.328 e. The monoisotopic (exact) mass is 1350 g/mol. The molecule has 1 aromatic heterocycles. The van der Waals surface area contributed by atoms with Crippen LogP contribution in [0.1, 0.15) is 96.2 Å². The molecule has 0 radical (unpaired) electrons. The summed E-state index contributed by atoms with van der Waals surface area (Å²) in [5.41, 5.74) is 18.1.